The van der Waals surface area contributed by atoms with E-state index in [0.717, 1.165) is 43.9 Å². The summed E-state index contributed by atoms with van der Waals surface area (Å²) in [5, 5.41) is 5.71. The lowest BCUT2D eigenvalue weighted by Crippen LogP contribution is -2.45. The van der Waals surface area contributed by atoms with Gasteiger partial charge in [0.1, 0.15) is 0 Å². The van der Waals surface area contributed by atoms with Crippen LogP contribution >= 0.6 is 0 Å². The highest BCUT2D eigenvalue weighted by Gasteiger charge is 2.16. The van der Waals surface area contributed by atoms with E-state index in [1.165, 1.54) is 0 Å². The maximum Gasteiger partial charge on any atom is 0.319 e. The minimum atomic E-state index is -0.204. The number of carbonyl (C=O) groups excluding carboxylic acids is 1. The summed E-state index contributed by atoms with van der Waals surface area (Å²) >= 11 is 0. The zero-order valence-corrected chi connectivity index (χ0v) is 13.5. The number of carbonyl (C=O) groups is 1. The fraction of sp³-hybridized carbons (Fsp3) is 0.625. The van der Waals surface area contributed by atoms with Gasteiger partial charge in [-0.3, -0.25) is 9.88 Å². The Bertz CT molecular complexity index is 552. The third-order valence-electron chi connectivity index (χ3n) is 4.10. The van der Waals surface area contributed by atoms with Crippen molar-refractivity contribution in [2.24, 2.45) is 0 Å². The average Bonchev–Trinajstić information content (AvgIpc) is 2.55. The second kappa shape index (κ2) is 7.72. The molecule has 3 rings (SSSR count). The smallest absolute Gasteiger partial charge is 0.319 e. The van der Waals surface area contributed by atoms with Gasteiger partial charge < -0.3 is 20.1 Å². The molecule has 2 N–H and O–H groups in total. The lowest BCUT2D eigenvalue weighted by atomic mass is 10.1. The van der Waals surface area contributed by atoms with Crippen molar-refractivity contribution in [2.75, 3.05) is 44.7 Å². The number of pyridine rings is 1. The van der Waals surface area contributed by atoms with Gasteiger partial charge >= 0.3 is 6.03 Å². The number of aromatic nitrogens is 1. The van der Waals surface area contributed by atoms with Gasteiger partial charge in [0, 0.05) is 43.9 Å². The lowest BCUT2D eigenvalue weighted by molar-refractivity contribution is -0.0174. The number of anilines is 1. The van der Waals surface area contributed by atoms with Crippen molar-refractivity contribution in [3.8, 4) is 0 Å². The number of hydrogen-bond acceptors (Lipinski definition) is 5. The molecule has 0 aliphatic carbocycles. The quantitative estimate of drug-likeness (QED) is 0.865. The first kappa shape index (κ1) is 16.2. The lowest BCUT2D eigenvalue weighted by Gasteiger charge is -2.30. The van der Waals surface area contributed by atoms with Crippen molar-refractivity contribution in [3.63, 3.8) is 0 Å². The predicted molar refractivity (Wildman–Crippen MR) is 86.5 cm³/mol. The van der Waals surface area contributed by atoms with Crippen LogP contribution in [0.2, 0.25) is 0 Å². The molecule has 23 heavy (non-hydrogen) atoms. The first-order chi connectivity index (χ1) is 11.2. The van der Waals surface area contributed by atoms with E-state index in [1.807, 2.05) is 6.07 Å². The molecular formula is C16H24N4O3. The standard InChI is InChI=1S/C16H24N4O3/c1-12-10-20(5-7-23-12)4-3-17-16(21)19-14-8-13-11-22-6-2-15(13)18-9-14/h8-9,12H,2-7,10-11H2,1H3,(H2,17,19,21). The summed E-state index contributed by atoms with van der Waals surface area (Å²) in [5.41, 5.74) is 2.81. The van der Waals surface area contributed by atoms with Gasteiger partial charge in [-0.05, 0) is 13.0 Å². The summed E-state index contributed by atoms with van der Waals surface area (Å²) in [7, 11) is 0. The molecule has 2 aliphatic rings. The molecule has 0 radical (unpaired) electrons. The fourth-order valence-electron chi connectivity index (χ4n) is 2.90. The van der Waals surface area contributed by atoms with Gasteiger partial charge in [-0.1, -0.05) is 0 Å². The van der Waals surface area contributed by atoms with Crippen LogP contribution in [-0.2, 0) is 22.5 Å². The number of urea groups is 1. The molecule has 1 atom stereocenters. The molecule has 126 valence electrons. The number of ether oxygens (including phenoxy) is 2. The van der Waals surface area contributed by atoms with E-state index >= 15 is 0 Å². The van der Waals surface area contributed by atoms with Crippen LogP contribution in [0.1, 0.15) is 18.2 Å². The van der Waals surface area contributed by atoms with Gasteiger partial charge in [0.15, 0.2) is 0 Å². The average molecular weight is 320 g/mol. The van der Waals surface area contributed by atoms with E-state index < -0.39 is 0 Å². The number of fused-ring (bicyclic) bond motifs is 1. The van der Waals surface area contributed by atoms with E-state index in [2.05, 4.69) is 27.4 Å². The number of hydrogen-bond donors (Lipinski definition) is 2. The zero-order chi connectivity index (χ0) is 16.1. The Morgan fingerprint density at radius 1 is 1.48 bits per heavy atom. The minimum absolute atomic E-state index is 0.204. The molecule has 0 saturated carbocycles. The maximum absolute atomic E-state index is 12.0. The third-order valence-corrected chi connectivity index (χ3v) is 4.10. The largest absolute Gasteiger partial charge is 0.376 e. The van der Waals surface area contributed by atoms with Gasteiger partial charge in [0.25, 0.3) is 0 Å². The van der Waals surface area contributed by atoms with Crippen LogP contribution in [0.5, 0.6) is 0 Å². The van der Waals surface area contributed by atoms with Gasteiger partial charge in [0.05, 0.1) is 37.8 Å². The summed E-state index contributed by atoms with van der Waals surface area (Å²) in [5.74, 6) is 0. The molecule has 7 heteroatoms. The van der Waals surface area contributed by atoms with Crippen molar-refractivity contribution in [1.29, 1.82) is 0 Å². The SMILES string of the molecule is CC1CN(CCNC(=O)Nc2cnc3c(c2)COCC3)CCO1. The van der Waals surface area contributed by atoms with Gasteiger partial charge in [-0.25, -0.2) is 4.79 Å². The van der Waals surface area contributed by atoms with E-state index in [0.29, 0.717) is 25.4 Å². The predicted octanol–water partition coefficient (Wildman–Crippen LogP) is 0.996. The summed E-state index contributed by atoms with van der Waals surface area (Å²) in [6.07, 6.45) is 2.80. The third kappa shape index (κ3) is 4.63. The number of amides is 2. The van der Waals surface area contributed by atoms with Crippen LogP contribution < -0.4 is 10.6 Å². The van der Waals surface area contributed by atoms with E-state index in [1.54, 1.807) is 6.20 Å². The zero-order valence-electron chi connectivity index (χ0n) is 13.5. The number of nitrogens with one attached hydrogen (secondary N) is 2. The van der Waals surface area contributed by atoms with Gasteiger partial charge in [0.2, 0.25) is 0 Å². The van der Waals surface area contributed by atoms with Crippen molar-refractivity contribution in [3.05, 3.63) is 23.5 Å². The van der Waals surface area contributed by atoms with Crippen LogP contribution in [-0.4, -0.2) is 61.4 Å². The molecule has 2 aliphatic heterocycles. The molecule has 0 spiro atoms. The highest BCUT2D eigenvalue weighted by Crippen LogP contribution is 2.18. The van der Waals surface area contributed by atoms with Crippen LogP contribution in [0.4, 0.5) is 10.5 Å². The van der Waals surface area contributed by atoms with E-state index in [-0.39, 0.29) is 12.1 Å². The van der Waals surface area contributed by atoms with Crippen molar-refractivity contribution >= 4 is 11.7 Å². The van der Waals surface area contributed by atoms with Crippen LogP contribution in [0, 0.1) is 0 Å². The number of rotatable bonds is 4. The summed E-state index contributed by atoms with van der Waals surface area (Å²) in [4.78, 5) is 18.6. The molecule has 1 aromatic rings. The molecule has 7 nitrogen and oxygen atoms in total. The fourth-order valence-corrected chi connectivity index (χ4v) is 2.90. The Morgan fingerprint density at radius 2 is 2.39 bits per heavy atom. The molecule has 1 fully saturated rings. The Labute approximate surface area is 136 Å². The first-order valence-corrected chi connectivity index (χ1v) is 8.15. The minimum Gasteiger partial charge on any atom is -0.376 e. The Hall–Kier alpha value is -1.70. The number of nitrogens with zero attached hydrogens (tertiary/aromatic N) is 2. The summed E-state index contributed by atoms with van der Waals surface area (Å²) < 4.78 is 10.9. The topological polar surface area (TPSA) is 75.7 Å². The Morgan fingerprint density at radius 3 is 3.26 bits per heavy atom. The second-order valence-corrected chi connectivity index (χ2v) is 6.00. The summed E-state index contributed by atoms with van der Waals surface area (Å²) in [6, 6.07) is 1.73. The molecule has 0 aromatic carbocycles. The highest BCUT2D eigenvalue weighted by molar-refractivity contribution is 5.89. The Balaban J connectivity index is 1.42. The first-order valence-electron chi connectivity index (χ1n) is 8.15. The van der Waals surface area contributed by atoms with Crippen molar-refractivity contribution in [1.82, 2.24) is 15.2 Å². The molecule has 1 aromatic heterocycles. The molecule has 1 saturated heterocycles. The maximum atomic E-state index is 12.0. The van der Waals surface area contributed by atoms with Gasteiger partial charge in [-0.15, -0.1) is 0 Å². The van der Waals surface area contributed by atoms with Crippen molar-refractivity contribution in [2.45, 2.75) is 26.1 Å². The van der Waals surface area contributed by atoms with Crippen molar-refractivity contribution < 1.29 is 14.3 Å². The van der Waals surface area contributed by atoms with E-state index in [4.69, 9.17) is 9.47 Å². The molecule has 1 unspecified atom stereocenters. The molecule has 2 amide bonds. The molecular weight excluding hydrogens is 296 g/mol. The van der Waals surface area contributed by atoms with Gasteiger partial charge in [-0.2, -0.15) is 0 Å². The molecule has 3 heterocycles. The summed E-state index contributed by atoms with van der Waals surface area (Å²) in [6.45, 7) is 7.38. The van der Waals surface area contributed by atoms with E-state index in [9.17, 15) is 4.79 Å². The molecule has 0 bridgehead atoms. The number of morpholine rings is 1. The Kier molecular flexibility index (Phi) is 5.43. The van der Waals surface area contributed by atoms with Crippen LogP contribution in [0.25, 0.3) is 0 Å². The monoisotopic (exact) mass is 320 g/mol. The van der Waals surface area contributed by atoms with Crippen LogP contribution in [0.3, 0.4) is 0 Å². The highest BCUT2D eigenvalue weighted by atomic mass is 16.5. The van der Waals surface area contributed by atoms with Crippen LogP contribution in [0.15, 0.2) is 12.3 Å². The normalized spacial score (nSPS) is 21.5. The second-order valence-electron chi connectivity index (χ2n) is 6.00.